The maximum absolute atomic E-state index is 13.2. The molecule has 0 aliphatic carbocycles. The molecule has 0 fully saturated rings. The normalized spacial score (nSPS) is 11.2. The number of aryl methyl sites for hydroxylation is 6. The summed E-state index contributed by atoms with van der Waals surface area (Å²) in [5.74, 6) is 0.989. The lowest BCUT2D eigenvalue weighted by atomic mass is 10.1. The van der Waals surface area contributed by atoms with Crippen LogP contribution in [0.25, 0.3) is 0 Å². The van der Waals surface area contributed by atoms with E-state index in [2.05, 4.69) is 20.7 Å². The predicted octanol–water partition coefficient (Wildman–Crippen LogP) is 4.64. The summed E-state index contributed by atoms with van der Waals surface area (Å²) in [6.45, 7) is 14.4. The van der Waals surface area contributed by atoms with Gasteiger partial charge < -0.3 is 14.6 Å². The van der Waals surface area contributed by atoms with Crippen molar-refractivity contribution in [3.63, 3.8) is 0 Å². The first-order valence-electron chi connectivity index (χ1n) is 11.6. The summed E-state index contributed by atoms with van der Waals surface area (Å²) >= 11 is 0. The predicted molar refractivity (Wildman–Crippen MR) is 133 cm³/mol. The minimum atomic E-state index is -0.360. The molecule has 0 aliphatic heterocycles. The number of carbonyl (C=O) groups is 1. The topological polar surface area (TPSA) is 100 Å². The van der Waals surface area contributed by atoms with Crippen molar-refractivity contribution in [3.8, 4) is 5.75 Å². The van der Waals surface area contributed by atoms with Crippen LogP contribution in [-0.2, 0) is 20.2 Å². The van der Waals surface area contributed by atoms with Crippen LogP contribution in [0, 0.1) is 48.5 Å². The van der Waals surface area contributed by atoms with Gasteiger partial charge in [-0.2, -0.15) is 10.2 Å². The Morgan fingerprint density at radius 1 is 0.971 bits per heavy atom. The number of para-hydroxylation sites is 1. The standard InChI is InChI=1S/C26H32N6O3/c1-14-10-9-11-15(2)25(14)34-13-22-20(7)35-30-24(22)26(33)27-23-17(4)29-32(19(23)6)12-21-16(3)28-31(8)18(21)5/h9-11H,12-13H2,1-8H3,(H,27,33). The van der Waals surface area contributed by atoms with E-state index in [0.717, 1.165) is 45.2 Å². The number of benzene rings is 1. The second kappa shape index (κ2) is 9.40. The Bertz CT molecular complexity index is 1390. The molecule has 1 amide bonds. The molecule has 9 nitrogen and oxygen atoms in total. The Hall–Kier alpha value is -3.88. The third-order valence-corrected chi connectivity index (χ3v) is 6.56. The van der Waals surface area contributed by atoms with Gasteiger partial charge in [0.15, 0.2) is 5.69 Å². The van der Waals surface area contributed by atoms with Crippen LogP contribution in [0.5, 0.6) is 5.75 Å². The third-order valence-electron chi connectivity index (χ3n) is 6.56. The molecule has 3 heterocycles. The van der Waals surface area contributed by atoms with E-state index in [9.17, 15) is 4.79 Å². The van der Waals surface area contributed by atoms with Gasteiger partial charge >= 0.3 is 0 Å². The van der Waals surface area contributed by atoms with Crippen LogP contribution < -0.4 is 10.1 Å². The Kier molecular flexibility index (Phi) is 6.51. The molecule has 0 spiro atoms. The number of nitrogens with one attached hydrogen (secondary N) is 1. The lowest BCUT2D eigenvalue weighted by Gasteiger charge is -2.12. The molecule has 0 saturated carbocycles. The van der Waals surface area contributed by atoms with Crippen molar-refractivity contribution in [2.45, 2.75) is 61.6 Å². The van der Waals surface area contributed by atoms with Gasteiger partial charge in [-0.25, -0.2) is 0 Å². The Balaban J connectivity index is 1.55. The van der Waals surface area contributed by atoms with E-state index in [0.29, 0.717) is 23.6 Å². The molecule has 4 rings (SSSR count). The minimum Gasteiger partial charge on any atom is -0.488 e. The SMILES string of the molecule is Cc1cccc(C)c1OCc1c(C(=O)Nc2c(C)nn(Cc3c(C)nn(C)c3C)c2C)noc1C. The fraction of sp³-hybridized carbons (Fsp3) is 0.385. The summed E-state index contributed by atoms with van der Waals surface area (Å²) in [6, 6.07) is 5.98. The van der Waals surface area contributed by atoms with Crippen molar-refractivity contribution in [2.75, 3.05) is 5.32 Å². The molecule has 1 aromatic carbocycles. The first-order valence-corrected chi connectivity index (χ1v) is 11.6. The Morgan fingerprint density at radius 3 is 2.29 bits per heavy atom. The van der Waals surface area contributed by atoms with Gasteiger partial charge in [-0.05, 0) is 59.6 Å². The van der Waals surface area contributed by atoms with E-state index in [4.69, 9.17) is 9.26 Å². The molecule has 0 aliphatic rings. The quantitative estimate of drug-likeness (QED) is 0.417. The summed E-state index contributed by atoms with van der Waals surface area (Å²) in [5, 5.41) is 16.2. The van der Waals surface area contributed by atoms with Gasteiger partial charge in [0.25, 0.3) is 5.91 Å². The lowest BCUT2D eigenvalue weighted by molar-refractivity contribution is 0.101. The average molecular weight is 477 g/mol. The molecule has 0 radical (unpaired) electrons. The maximum atomic E-state index is 13.2. The maximum Gasteiger partial charge on any atom is 0.278 e. The number of carbonyl (C=O) groups excluding carboxylic acids is 1. The molecule has 0 saturated heterocycles. The van der Waals surface area contributed by atoms with Gasteiger partial charge in [-0.1, -0.05) is 23.4 Å². The van der Waals surface area contributed by atoms with Crippen LogP contribution in [0.4, 0.5) is 5.69 Å². The molecule has 0 unspecified atom stereocenters. The van der Waals surface area contributed by atoms with E-state index >= 15 is 0 Å². The number of hydrogen-bond acceptors (Lipinski definition) is 6. The summed E-state index contributed by atoms with van der Waals surface area (Å²) < 4.78 is 15.2. The number of rotatable bonds is 7. The molecule has 0 atom stereocenters. The van der Waals surface area contributed by atoms with Crippen LogP contribution in [0.1, 0.15) is 61.3 Å². The molecule has 4 aromatic rings. The van der Waals surface area contributed by atoms with E-state index in [1.54, 1.807) is 6.92 Å². The molecule has 9 heteroatoms. The van der Waals surface area contributed by atoms with E-state index < -0.39 is 0 Å². The zero-order valence-corrected chi connectivity index (χ0v) is 21.6. The second-order valence-electron chi connectivity index (χ2n) is 9.01. The van der Waals surface area contributed by atoms with E-state index in [-0.39, 0.29) is 18.2 Å². The molecule has 3 aromatic heterocycles. The number of aromatic nitrogens is 5. The summed E-state index contributed by atoms with van der Waals surface area (Å²) in [4.78, 5) is 13.2. The first kappa shape index (κ1) is 24.3. The monoisotopic (exact) mass is 476 g/mol. The highest BCUT2D eigenvalue weighted by Crippen LogP contribution is 2.26. The van der Waals surface area contributed by atoms with Crippen LogP contribution in [-0.4, -0.2) is 30.6 Å². The summed E-state index contributed by atoms with van der Waals surface area (Å²) in [7, 11) is 1.93. The van der Waals surface area contributed by atoms with Crippen molar-refractivity contribution in [1.29, 1.82) is 0 Å². The van der Waals surface area contributed by atoms with Crippen LogP contribution in [0.2, 0.25) is 0 Å². The van der Waals surface area contributed by atoms with E-state index in [1.165, 1.54) is 0 Å². The zero-order chi connectivity index (χ0) is 25.4. The first-order chi connectivity index (χ1) is 16.6. The number of ether oxygens (including phenoxy) is 1. The van der Waals surface area contributed by atoms with Gasteiger partial charge in [0, 0.05) is 18.3 Å². The van der Waals surface area contributed by atoms with Gasteiger partial charge in [0.1, 0.15) is 18.1 Å². The highest BCUT2D eigenvalue weighted by atomic mass is 16.5. The molecule has 35 heavy (non-hydrogen) atoms. The lowest BCUT2D eigenvalue weighted by Crippen LogP contribution is -2.16. The van der Waals surface area contributed by atoms with Gasteiger partial charge in [0.2, 0.25) is 0 Å². The third kappa shape index (κ3) is 4.58. The summed E-state index contributed by atoms with van der Waals surface area (Å²) in [5.41, 5.74) is 8.31. The van der Waals surface area contributed by atoms with Crippen LogP contribution in [0.3, 0.4) is 0 Å². The van der Waals surface area contributed by atoms with Crippen LogP contribution in [0.15, 0.2) is 22.7 Å². The van der Waals surface area contributed by atoms with E-state index in [1.807, 2.05) is 76.2 Å². The fourth-order valence-electron chi connectivity index (χ4n) is 4.31. The van der Waals surface area contributed by atoms with Gasteiger partial charge in [-0.15, -0.1) is 0 Å². The highest BCUT2D eigenvalue weighted by molar-refractivity contribution is 6.04. The van der Waals surface area contributed by atoms with Crippen molar-refractivity contribution < 1.29 is 14.1 Å². The second-order valence-corrected chi connectivity index (χ2v) is 9.01. The van der Waals surface area contributed by atoms with Crippen molar-refractivity contribution >= 4 is 11.6 Å². The number of nitrogens with zero attached hydrogens (tertiary/aromatic N) is 5. The van der Waals surface area contributed by atoms with Gasteiger partial charge in [-0.3, -0.25) is 14.2 Å². The Morgan fingerprint density at radius 2 is 1.66 bits per heavy atom. The average Bonchev–Trinajstić information content (AvgIpc) is 3.38. The largest absolute Gasteiger partial charge is 0.488 e. The molecule has 184 valence electrons. The zero-order valence-electron chi connectivity index (χ0n) is 21.6. The smallest absolute Gasteiger partial charge is 0.278 e. The minimum absolute atomic E-state index is 0.181. The van der Waals surface area contributed by atoms with Crippen molar-refractivity contribution in [3.05, 3.63) is 74.7 Å². The van der Waals surface area contributed by atoms with Gasteiger partial charge in [0.05, 0.1) is 34.9 Å². The summed E-state index contributed by atoms with van der Waals surface area (Å²) in [6.07, 6.45) is 0. The number of hydrogen-bond donors (Lipinski definition) is 1. The van der Waals surface area contributed by atoms with Crippen LogP contribution >= 0.6 is 0 Å². The highest BCUT2D eigenvalue weighted by Gasteiger charge is 2.24. The Labute approximate surface area is 205 Å². The molecular weight excluding hydrogens is 444 g/mol. The molecule has 0 bridgehead atoms. The van der Waals surface area contributed by atoms with Crippen molar-refractivity contribution in [2.24, 2.45) is 7.05 Å². The number of amides is 1. The van der Waals surface area contributed by atoms with Crippen molar-refractivity contribution in [1.82, 2.24) is 24.7 Å². The molecule has 1 N–H and O–H groups in total. The molecular formula is C26H32N6O3. The fourth-order valence-corrected chi connectivity index (χ4v) is 4.31. The number of anilines is 1.